The zero-order valence-corrected chi connectivity index (χ0v) is 11.5. The summed E-state index contributed by atoms with van der Waals surface area (Å²) in [5.74, 6) is 1.47. The summed E-state index contributed by atoms with van der Waals surface area (Å²) in [6.07, 6.45) is 5.82. The van der Waals surface area contributed by atoms with E-state index in [-0.39, 0.29) is 11.5 Å². The summed E-state index contributed by atoms with van der Waals surface area (Å²) in [5, 5.41) is 4.19. The first kappa shape index (κ1) is 12.3. The van der Waals surface area contributed by atoms with E-state index in [2.05, 4.69) is 33.0 Å². The Hall–Kier alpha value is -1.75. The molecule has 1 atom stereocenters. The van der Waals surface area contributed by atoms with Crippen LogP contribution in [0.1, 0.15) is 43.1 Å². The van der Waals surface area contributed by atoms with Crippen LogP contribution >= 0.6 is 0 Å². The predicted molar refractivity (Wildman–Crippen MR) is 70.7 cm³/mol. The van der Waals surface area contributed by atoms with Gasteiger partial charge in [-0.1, -0.05) is 11.2 Å². The van der Waals surface area contributed by atoms with Gasteiger partial charge in [0.15, 0.2) is 5.82 Å². The molecular formula is C14H18N4O. The first-order valence-electron chi connectivity index (χ1n) is 6.54. The molecule has 1 aliphatic carbocycles. The van der Waals surface area contributed by atoms with Crippen LogP contribution in [0.4, 0.5) is 0 Å². The highest BCUT2D eigenvalue weighted by Crippen LogP contribution is 2.52. The molecule has 100 valence electrons. The molecule has 0 aliphatic heterocycles. The highest BCUT2D eigenvalue weighted by atomic mass is 16.5. The minimum Gasteiger partial charge on any atom is -0.338 e. The average molecular weight is 258 g/mol. The van der Waals surface area contributed by atoms with Crippen molar-refractivity contribution in [3.05, 3.63) is 41.8 Å². The molecule has 0 N–H and O–H groups in total. The molecular weight excluding hydrogens is 240 g/mol. The van der Waals surface area contributed by atoms with Gasteiger partial charge in [-0.25, -0.2) is 0 Å². The molecule has 5 heteroatoms. The quantitative estimate of drug-likeness (QED) is 0.841. The molecule has 0 saturated heterocycles. The molecule has 3 rings (SSSR count). The van der Waals surface area contributed by atoms with E-state index in [0.29, 0.717) is 5.89 Å². The molecule has 19 heavy (non-hydrogen) atoms. The fourth-order valence-electron chi connectivity index (χ4n) is 2.23. The number of pyridine rings is 1. The molecule has 0 unspecified atom stereocenters. The monoisotopic (exact) mass is 258 g/mol. The van der Waals surface area contributed by atoms with Crippen molar-refractivity contribution in [3.63, 3.8) is 0 Å². The van der Waals surface area contributed by atoms with E-state index in [1.165, 1.54) is 5.56 Å². The third-order valence-corrected chi connectivity index (χ3v) is 3.97. The lowest BCUT2D eigenvalue weighted by Crippen LogP contribution is -2.17. The fourth-order valence-corrected chi connectivity index (χ4v) is 2.23. The SMILES string of the molecule is C[C@@H](c1nc(C2(c3cccnc3)CC2)no1)N(C)C. The second kappa shape index (κ2) is 4.42. The fraction of sp³-hybridized carbons (Fsp3) is 0.500. The molecule has 2 aromatic heterocycles. The summed E-state index contributed by atoms with van der Waals surface area (Å²) in [5.41, 5.74) is 1.11. The largest absolute Gasteiger partial charge is 0.338 e. The number of rotatable bonds is 4. The number of hydrogen-bond acceptors (Lipinski definition) is 5. The molecule has 2 heterocycles. The van der Waals surface area contributed by atoms with Crippen LogP contribution in [0.5, 0.6) is 0 Å². The van der Waals surface area contributed by atoms with Gasteiger partial charge in [0.25, 0.3) is 0 Å². The maximum atomic E-state index is 5.41. The van der Waals surface area contributed by atoms with E-state index in [9.17, 15) is 0 Å². The molecule has 1 aliphatic rings. The Kier molecular flexibility index (Phi) is 2.86. The molecule has 2 aromatic rings. The van der Waals surface area contributed by atoms with Crippen molar-refractivity contribution in [2.24, 2.45) is 0 Å². The van der Waals surface area contributed by atoms with Gasteiger partial charge < -0.3 is 4.52 Å². The Morgan fingerprint density at radius 2 is 2.16 bits per heavy atom. The molecule has 0 bridgehead atoms. The van der Waals surface area contributed by atoms with Crippen LogP contribution in [0.25, 0.3) is 0 Å². The van der Waals surface area contributed by atoms with Crippen LogP contribution in [0.2, 0.25) is 0 Å². The molecule has 5 nitrogen and oxygen atoms in total. The number of nitrogens with zero attached hydrogens (tertiary/aromatic N) is 4. The number of aromatic nitrogens is 3. The van der Waals surface area contributed by atoms with Crippen LogP contribution in [-0.2, 0) is 5.41 Å². The standard InChI is InChI=1S/C14H18N4O/c1-10(18(2)3)12-16-13(17-19-12)14(6-7-14)11-5-4-8-15-9-11/h4-5,8-10H,6-7H2,1-3H3/t10-/m0/s1. The van der Waals surface area contributed by atoms with Crippen LogP contribution < -0.4 is 0 Å². The lowest BCUT2D eigenvalue weighted by Gasteiger charge is -2.14. The summed E-state index contributed by atoms with van der Waals surface area (Å²) in [4.78, 5) is 10.8. The zero-order valence-electron chi connectivity index (χ0n) is 11.5. The summed E-state index contributed by atoms with van der Waals surface area (Å²) in [6, 6.07) is 4.18. The predicted octanol–water partition coefficient (Wildman–Crippen LogP) is 2.17. The Labute approximate surface area is 112 Å². The second-order valence-corrected chi connectivity index (χ2v) is 5.42. The minimum absolute atomic E-state index is 0.0674. The van der Waals surface area contributed by atoms with Gasteiger partial charge in [0.1, 0.15) is 0 Å². The molecule has 0 aromatic carbocycles. The van der Waals surface area contributed by atoms with Gasteiger partial charge in [-0.15, -0.1) is 0 Å². The van der Waals surface area contributed by atoms with E-state index in [1.807, 2.05) is 26.4 Å². The lowest BCUT2D eigenvalue weighted by atomic mass is 9.97. The summed E-state index contributed by atoms with van der Waals surface area (Å²) in [7, 11) is 4.01. The summed E-state index contributed by atoms with van der Waals surface area (Å²) >= 11 is 0. The van der Waals surface area contributed by atoms with Gasteiger partial charge in [-0.05, 0) is 45.5 Å². The first-order chi connectivity index (χ1) is 9.13. The van der Waals surface area contributed by atoms with Gasteiger partial charge in [-0.3, -0.25) is 9.88 Å². The molecule has 1 saturated carbocycles. The van der Waals surface area contributed by atoms with Crippen LogP contribution in [0.3, 0.4) is 0 Å². The number of hydrogen-bond donors (Lipinski definition) is 0. The van der Waals surface area contributed by atoms with Gasteiger partial charge in [0.2, 0.25) is 5.89 Å². The summed E-state index contributed by atoms with van der Waals surface area (Å²) < 4.78 is 5.41. The van der Waals surface area contributed by atoms with E-state index >= 15 is 0 Å². The van der Waals surface area contributed by atoms with Crippen molar-refractivity contribution in [1.82, 2.24) is 20.0 Å². The van der Waals surface area contributed by atoms with Gasteiger partial charge in [0, 0.05) is 12.4 Å². The normalized spacial score (nSPS) is 18.5. The smallest absolute Gasteiger partial charge is 0.243 e. The highest BCUT2D eigenvalue weighted by Gasteiger charge is 2.50. The Morgan fingerprint density at radius 1 is 1.37 bits per heavy atom. The van der Waals surface area contributed by atoms with E-state index in [1.54, 1.807) is 6.20 Å². The Bertz CT molecular complexity index is 560. The van der Waals surface area contributed by atoms with E-state index in [0.717, 1.165) is 18.7 Å². The minimum atomic E-state index is -0.0674. The van der Waals surface area contributed by atoms with Crippen molar-refractivity contribution in [2.75, 3.05) is 14.1 Å². The third kappa shape index (κ3) is 2.04. The topological polar surface area (TPSA) is 55.1 Å². The van der Waals surface area contributed by atoms with E-state index < -0.39 is 0 Å². The molecule has 0 radical (unpaired) electrons. The third-order valence-electron chi connectivity index (χ3n) is 3.97. The summed E-state index contributed by atoms with van der Waals surface area (Å²) in [6.45, 7) is 2.06. The Morgan fingerprint density at radius 3 is 2.74 bits per heavy atom. The van der Waals surface area contributed by atoms with Gasteiger partial charge in [0.05, 0.1) is 11.5 Å². The molecule has 0 amide bonds. The van der Waals surface area contributed by atoms with Crippen molar-refractivity contribution in [2.45, 2.75) is 31.2 Å². The van der Waals surface area contributed by atoms with Crippen molar-refractivity contribution >= 4 is 0 Å². The van der Waals surface area contributed by atoms with E-state index in [4.69, 9.17) is 4.52 Å². The molecule has 0 spiro atoms. The average Bonchev–Trinajstić information content (AvgIpc) is 3.10. The van der Waals surface area contributed by atoms with Crippen LogP contribution in [0.15, 0.2) is 29.0 Å². The van der Waals surface area contributed by atoms with Gasteiger partial charge >= 0.3 is 0 Å². The lowest BCUT2D eigenvalue weighted by molar-refractivity contribution is 0.244. The van der Waals surface area contributed by atoms with Crippen LogP contribution in [-0.4, -0.2) is 34.1 Å². The highest BCUT2D eigenvalue weighted by molar-refractivity contribution is 5.37. The Balaban J connectivity index is 1.91. The zero-order chi connectivity index (χ0) is 13.5. The van der Waals surface area contributed by atoms with Crippen molar-refractivity contribution < 1.29 is 4.52 Å². The maximum absolute atomic E-state index is 5.41. The van der Waals surface area contributed by atoms with Crippen molar-refractivity contribution in [1.29, 1.82) is 0 Å². The maximum Gasteiger partial charge on any atom is 0.243 e. The first-order valence-corrected chi connectivity index (χ1v) is 6.54. The molecule has 1 fully saturated rings. The van der Waals surface area contributed by atoms with Gasteiger partial charge in [-0.2, -0.15) is 4.98 Å². The van der Waals surface area contributed by atoms with Crippen LogP contribution in [0, 0.1) is 0 Å². The van der Waals surface area contributed by atoms with Crippen molar-refractivity contribution in [3.8, 4) is 0 Å². The second-order valence-electron chi connectivity index (χ2n) is 5.42.